The summed E-state index contributed by atoms with van der Waals surface area (Å²) in [4.78, 5) is 0. The molecule has 0 amide bonds. The summed E-state index contributed by atoms with van der Waals surface area (Å²) in [5.74, 6) is 2.18. The molecular weight excluding hydrogens is 478 g/mol. The zero-order valence-corrected chi connectivity index (χ0v) is 23.0. The monoisotopic (exact) mass is 522 g/mol. The minimum absolute atomic E-state index is 0.0142. The van der Waals surface area contributed by atoms with Gasteiger partial charge in [0.25, 0.3) is 0 Å². The zero-order valence-electron chi connectivity index (χ0n) is 23.0. The molecule has 3 aliphatic rings. The van der Waals surface area contributed by atoms with Crippen LogP contribution < -0.4 is 4.74 Å². The highest BCUT2D eigenvalue weighted by molar-refractivity contribution is 5.65. The van der Waals surface area contributed by atoms with E-state index in [1.807, 2.05) is 25.1 Å². The molecule has 2 aliphatic carbocycles. The highest BCUT2D eigenvalue weighted by Gasteiger charge is 2.35. The van der Waals surface area contributed by atoms with E-state index in [0.29, 0.717) is 18.1 Å². The highest BCUT2D eigenvalue weighted by atomic mass is 19.2. The number of benzene rings is 2. The third-order valence-corrected chi connectivity index (χ3v) is 9.73. The Kier molecular flexibility index (Phi) is 9.20. The lowest BCUT2D eigenvalue weighted by atomic mass is 9.66. The van der Waals surface area contributed by atoms with E-state index in [9.17, 15) is 8.78 Å². The van der Waals surface area contributed by atoms with Gasteiger partial charge in [0.05, 0.1) is 19.3 Å². The summed E-state index contributed by atoms with van der Waals surface area (Å²) in [6.07, 6.45) is 16.1. The van der Waals surface area contributed by atoms with E-state index in [0.717, 1.165) is 43.1 Å². The summed E-state index contributed by atoms with van der Waals surface area (Å²) in [5.41, 5.74) is 2.33. The molecule has 0 spiro atoms. The fourth-order valence-corrected chi connectivity index (χ4v) is 7.37. The van der Waals surface area contributed by atoms with Crippen molar-refractivity contribution in [3.63, 3.8) is 0 Å². The maximum Gasteiger partial charge on any atom is 0.201 e. The van der Waals surface area contributed by atoms with E-state index in [-0.39, 0.29) is 17.4 Å². The van der Waals surface area contributed by atoms with Crippen molar-refractivity contribution in [3.8, 4) is 16.9 Å². The number of halogens is 2. The molecule has 2 saturated carbocycles. The lowest BCUT2D eigenvalue weighted by molar-refractivity contribution is -0.0189. The Morgan fingerprint density at radius 3 is 1.97 bits per heavy atom. The third kappa shape index (κ3) is 6.17. The summed E-state index contributed by atoms with van der Waals surface area (Å²) in [6, 6.07) is 11.3. The fraction of sp³-hybridized carbons (Fsp3) is 0.588. The molecule has 2 unspecified atom stereocenters. The largest absolute Gasteiger partial charge is 0.490 e. The molecule has 1 aliphatic heterocycles. The van der Waals surface area contributed by atoms with Gasteiger partial charge in [-0.15, -0.1) is 6.58 Å². The van der Waals surface area contributed by atoms with Crippen molar-refractivity contribution in [2.24, 2.45) is 23.7 Å². The van der Waals surface area contributed by atoms with Crippen LogP contribution >= 0.6 is 0 Å². The second kappa shape index (κ2) is 12.8. The van der Waals surface area contributed by atoms with Gasteiger partial charge in [-0.25, -0.2) is 4.39 Å². The summed E-state index contributed by atoms with van der Waals surface area (Å²) in [7, 11) is 0. The van der Waals surface area contributed by atoms with Gasteiger partial charge in [-0.3, -0.25) is 0 Å². The quantitative estimate of drug-likeness (QED) is 0.321. The second-order valence-electron chi connectivity index (χ2n) is 11.9. The average Bonchev–Trinajstić information content (AvgIpc) is 2.98. The number of hydrogen-bond donors (Lipinski definition) is 0. The molecule has 3 fully saturated rings. The van der Waals surface area contributed by atoms with Crippen molar-refractivity contribution in [2.75, 3.05) is 13.2 Å². The molecule has 1 saturated heterocycles. The van der Waals surface area contributed by atoms with Crippen LogP contribution in [0.5, 0.6) is 5.75 Å². The first-order valence-corrected chi connectivity index (χ1v) is 15.0. The Hall–Kier alpha value is -2.20. The van der Waals surface area contributed by atoms with Crippen LogP contribution in [0.15, 0.2) is 49.1 Å². The standard InChI is InChI=1S/C34H44F2O2/c1-3-21-37-32-20-19-31(33(35)34(32)36)28-15-13-26(14-16-28)24-7-5-23(6-8-24)25-9-11-27(12-10-25)29-17-18-30(4-2)38-22-29/h4,13-16,19-20,23-25,27,29-30H,2-3,5-12,17-18,21-22H2,1H3. The highest BCUT2D eigenvalue weighted by Crippen LogP contribution is 2.46. The van der Waals surface area contributed by atoms with Crippen LogP contribution in [0, 0.1) is 35.3 Å². The molecule has 0 radical (unpaired) electrons. The molecule has 1 heterocycles. The molecule has 2 atom stereocenters. The maximum atomic E-state index is 14.7. The molecule has 4 heteroatoms. The first-order valence-electron chi connectivity index (χ1n) is 15.0. The Labute approximate surface area is 227 Å². The van der Waals surface area contributed by atoms with E-state index in [2.05, 4.69) is 18.7 Å². The van der Waals surface area contributed by atoms with Crippen LogP contribution in [0.25, 0.3) is 11.1 Å². The minimum Gasteiger partial charge on any atom is -0.490 e. The Bertz CT molecular complexity index is 1040. The van der Waals surface area contributed by atoms with Crippen LogP contribution in [0.4, 0.5) is 8.78 Å². The van der Waals surface area contributed by atoms with Gasteiger partial charge in [0.1, 0.15) is 0 Å². The smallest absolute Gasteiger partial charge is 0.201 e. The topological polar surface area (TPSA) is 18.5 Å². The molecule has 2 nitrogen and oxygen atoms in total. The third-order valence-electron chi connectivity index (χ3n) is 9.73. The van der Waals surface area contributed by atoms with Crippen LogP contribution in [0.3, 0.4) is 0 Å². The number of hydrogen-bond acceptors (Lipinski definition) is 2. The van der Waals surface area contributed by atoms with Crippen LogP contribution in [-0.2, 0) is 4.74 Å². The molecule has 2 aromatic rings. The van der Waals surface area contributed by atoms with E-state index in [1.54, 1.807) is 6.07 Å². The summed E-state index contributed by atoms with van der Waals surface area (Å²) in [5, 5.41) is 0. The lowest BCUT2D eigenvalue weighted by Gasteiger charge is -2.41. The average molecular weight is 523 g/mol. The molecule has 206 valence electrons. The van der Waals surface area contributed by atoms with Crippen molar-refractivity contribution in [3.05, 3.63) is 66.3 Å². The van der Waals surface area contributed by atoms with Gasteiger partial charge in [0.2, 0.25) is 5.82 Å². The minimum atomic E-state index is -0.902. The van der Waals surface area contributed by atoms with Crippen molar-refractivity contribution in [1.29, 1.82) is 0 Å². The number of rotatable bonds is 8. The molecule has 0 aromatic heterocycles. The van der Waals surface area contributed by atoms with Crippen molar-refractivity contribution < 1.29 is 18.3 Å². The lowest BCUT2D eigenvalue weighted by Crippen LogP contribution is -2.33. The van der Waals surface area contributed by atoms with Gasteiger partial charge in [0, 0.05) is 5.56 Å². The van der Waals surface area contributed by atoms with E-state index in [1.165, 1.54) is 69.4 Å². The van der Waals surface area contributed by atoms with Crippen molar-refractivity contribution >= 4 is 0 Å². The molecular formula is C34H44F2O2. The van der Waals surface area contributed by atoms with E-state index in [4.69, 9.17) is 9.47 Å². The van der Waals surface area contributed by atoms with Crippen LogP contribution in [0.1, 0.15) is 89.0 Å². The Morgan fingerprint density at radius 1 is 0.789 bits per heavy atom. The van der Waals surface area contributed by atoms with Gasteiger partial charge in [-0.1, -0.05) is 37.3 Å². The SMILES string of the molecule is C=CC1CCC(C2CCC(C3CCC(c4ccc(-c5ccc(OCCC)c(F)c5F)cc4)CC3)CC2)CO1. The van der Waals surface area contributed by atoms with E-state index < -0.39 is 11.6 Å². The predicted molar refractivity (Wildman–Crippen MR) is 150 cm³/mol. The van der Waals surface area contributed by atoms with Gasteiger partial charge in [0.15, 0.2) is 11.6 Å². The molecule has 2 aromatic carbocycles. The van der Waals surface area contributed by atoms with Crippen LogP contribution in [-0.4, -0.2) is 19.3 Å². The number of ether oxygens (including phenoxy) is 2. The maximum absolute atomic E-state index is 14.7. The first-order chi connectivity index (χ1) is 18.6. The second-order valence-corrected chi connectivity index (χ2v) is 11.9. The Balaban J connectivity index is 1.11. The predicted octanol–water partition coefficient (Wildman–Crippen LogP) is 9.48. The van der Waals surface area contributed by atoms with Gasteiger partial charge < -0.3 is 9.47 Å². The van der Waals surface area contributed by atoms with Gasteiger partial charge in [-0.05, 0) is 123 Å². The normalized spacial score (nSPS) is 30.1. The van der Waals surface area contributed by atoms with Gasteiger partial charge in [-0.2, -0.15) is 4.39 Å². The molecule has 38 heavy (non-hydrogen) atoms. The molecule has 0 bridgehead atoms. The van der Waals surface area contributed by atoms with Crippen molar-refractivity contribution in [1.82, 2.24) is 0 Å². The molecule has 5 rings (SSSR count). The van der Waals surface area contributed by atoms with Crippen molar-refractivity contribution in [2.45, 2.75) is 89.6 Å². The summed E-state index contributed by atoms with van der Waals surface area (Å²) in [6.45, 7) is 7.13. The summed E-state index contributed by atoms with van der Waals surface area (Å²) >= 11 is 0. The Morgan fingerprint density at radius 2 is 1.39 bits per heavy atom. The van der Waals surface area contributed by atoms with Crippen LogP contribution in [0.2, 0.25) is 0 Å². The molecule has 0 N–H and O–H groups in total. The fourth-order valence-electron chi connectivity index (χ4n) is 7.37. The van der Waals surface area contributed by atoms with Gasteiger partial charge >= 0.3 is 0 Å². The summed E-state index contributed by atoms with van der Waals surface area (Å²) < 4.78 is 40.5. The van der Waals surface area contributed by atoms with E-state index >= 15 is 0 Å². The first kappa shape index (κ1) is 27.4. The zero-order chi connectivity index (χ0) is 26.5.